The summed E-state index contributed by atoms with van der Waals surface area (Å²) in [6, 6.07) is 0.619. The molecule has 1 aromatic heterocycles. The van der Waals surface area contributed by atoms with Crippen LogP contribution in [0.1, 0.15) is 38.4 Å². The van der Waals surface area contributed by atoms with Gasteiger partial charge in [0.25, 0.3) is 0 Å². The average Bonchev–Trinajstić information content (AvgIpc) is 2.92. The molecule has 116 valence electrons. The third-order valence-electron chi connectivity index (χ3n) is 4.81. The number of aryl methyl sites for hydroxylation is 2. The van der Waals surface area contributed by atoms with Crippen LogP contribution in [0.25, 0.3) is 0 Å². The molecule has 2 aliphatic heterocycles. The van der Waals surface area contributed by atoms with Crippen molar-refractivity contribution in [2.45, 2.75) is 51.6 Å². The molecule has 2 fully saturated rings. The van der Waals surface area contributed by atoms with E-state index in [9.17, 15) is 4.79 Å². The van der Waals surface area contributed by atoms with Crippen molar-refractivity contribution in [2.75, 3.05) is 26.2 Å². The lowest BCUT2D eigenvalue weighted by Gasteiger charge is -2.46. The fraction of sp³-hybridized carbons (Fsp3) is 0.750. The normalized spacial score (nSPS) is 20.5. The van der Waals surface area contributed by atoms with Gasteiger partial charge in [-0.25, -0.2) is 4.98 Å². The zero-order valence-electron chi connectivity index (χ0n) is 13.0. The molecule has 0 saturated carbocycles. The van der Waals surface area contributed by atoms with Crippen molar-refractivity contribution in [3.05, 3.63) is 18.2 Å². The molecule has 0 N–H and O–H groups in total. The fourth-order valence-corrected chi connectivity index (χ4v) is 3.41. The van der Waals surface area contributed by atoms with Crippen molar-refractivity contribution in [3.63, 3.8) is 0 Å². The molecule has 3 heterocycles. The maximum Gasteiger partial charge on any atom is 0.224 e. The van der Waals surface area contributed by atoms with Crippen LogP contribution in [-0.4, -0.2) is 57.5 Å². The van der Waals surface area contributed by atoms with Gasteiger partial charge in [-0.3, -0.25) is 9.69 Å². The summed E-state index contributed by atoms with van der Waals surface area (Å²) in [6.07, 6.45) is 9.32. The molecule has 1 aromatic rings. The molecule has 5 heteroatoms. The number of imidazole rings is 1. The van der Waals surface area contributed by atoms with E-state index in [-0.39, 0.29) is 0 Å². The standard InChI is InChI=1S/C16H26N4O/c1-2-15-17-7-11-19(15)10-6-16(21)20-12-14(13-20)18-8-4-3-5-9-18/h7,11,14H,2-6,8-10,12-13H2,1H3. The number of likely N-dealkylation sites (tertiary alicyclic amines) is 2. The van der Waals surface area contributed by atoms with Crippen molar-refractivity contribution in [3.8, 4) is 0 Å². The maximum atomic E-state index is 12.2. The minimum atomic E-state index is 0.291. The summed E-state index contributed by atoms with van der Waals surface area (Å²) in [6.45, 7) is 7.17. The van der Waals surface area contributed by atoms with Gasteiger partial charge < -0.3 is 9.47 Å². The lowest BCUT2D eigenvalue weighted by atomic mass is 10.0. The predicted octanol–water partition coefficient (Wildman–Crippen LogP) is 1.53. The molecule has 1 amide bonds. The van der Waals surface area contributed by atoms with Crippen LogP contribution in [0.2, 0.25) is 0 Å². The Morgan fingerprint density at radius 1 is 1.29 bits per heavy atom. The van der Waals surface area contributed by atoms with Gasteiger partial charge in [0.2, 0.25) is 5.91 Å². The van der Waals surface area contributed by atoms with E-state index in [4.69, 9.17) is 0 Å². The molecule has 0 bridgehead atoms. The van der Waals surface area contributed by atoms with E-state index >= 15 is 0 Å². The molecule has 21 heavy (non-hydrogen) atoms. The highest BCUT2D eigenvalue weighted by Gasteiger charge is 2.34. The summed E-state index contributed by atoms with van der Waals surface area (Å²) < 4.78 is 2.10. The van der Waals surface area contributed by atoms with E-state index in [2.05, 4.69) is 21.4 Å². The number of piperidine rings is 1. The number of nitrogens with zero attached hydrogens (tertiary/aromatic N) is 4. The van der Waals surface area contributed by atoms with Gasteiger partial charge in [-0.15, -0.1) is 0 Å². The summed E-state index contributed by atoms with van der Waals surface area (Å²) in [7, 11) is 0. The van der Waals surface area contributed by atoms with Crippen LogP contribution in [0, 0.1) is 0 Å². The maximum absolute atomic E-state index is 12.2. The first-order valence-corrected chi connectivity index (χ1v) is 8.29. The van der Waals surface area contributed by atoms with Crippen LogP contribution < -0.4 is 0 Å². The number of rotatable bonds is 5. The van der Waals surface area contributed by atoms with Crippen LogP contribution in [0.15, 0.2) is 12.4 Å². The van der Waals surface area contributed by atoms with E-state index in [0.717, 1.165) is 31.9 Å². The van der Waals surface area contributed by atoms with Crippen molar-refractivity contribution in [1.82, 2.24) is 19.4 Å². The molecule has 3 rings (SSSR count). The first-order chi connectivity index (χ1) is 10.3. The second kappa shape index (κ2) is 6.60. The monoisotopic (exact) mass is 290 g/mol. The number of amides is 1. The molecule has 0 unspecified atom stereocenters. The smallest absolute Gasteiger partial charge is 0.224 e. The van der Waals surface area contributed by atoms with Crippen LogP contribution >= 0.6 is 0 Å². The highest BCUT2D eigenvalue weighted by molar-refractivity contribution is 5.77. The Labute approximate surface area is 126 Å². The summed E-state index contributed by atoms with van der Waals surface area (Å²) in [5.41, 5.74) is 0. The van der Waals surface area contributed by atoms with Crippen LogP contribution in [-0.2, 0) is 17.8 Å². The lowest BCUT2D eigenvalue weighted by Crippen LogP contribution is -2.61. The lowest BCUT2D eigenvalue weighted by molar-refractivity contribution is -0.139. The predicted molar refractivity (Wildman–Crippen MR) is 82.0 cm³/mol. The second-order valence-electron chi connectivity index (χ2n) is 6.19. The molecule has 0 atom stereocenters. The Balaban J connectivity index is 1.41. The molecule has 5 nitrogen and oxygen atoms in total. The van der Waals surface area contributed by atoms with E-state index in [1.54, 1.807) is 0 Å². The zero-order chi connectivity index (χ0) is 14.7. The van der Waals surface area contributed by atoms with Crippen molar-refractivity contribution in [2.24, 2.45) is 0 Å². The Morgan fingerprint density at radius 3 is 2.76 bits per heavy atom. The molecule has 0 radical (unpaired) electrons. The topological polar surface area (TPSA) is 41.4 Å². The van der Waals surface area contributed by atoms with Gasteiger partial charge in [-0.1, -0.05) is 13.3 Å². The quantitative estimate of drug-likeness (QED) is 0.826. The minimum Gasteiger partial charge on any atom is -0.339 e. The number of carbonyl (C=O) groups is 1. The van der Waals surface area contributed by atoms with Gasteiger partial charge in [0.1, 0.15) is 5.82 Å². The Kier molecular flexibility index (Phi) is 4.58. The average molecular weight is 290 g/mol. The van der Waals surface area contributed by atoms with Gasteiger partial charge in [0, 0.05) is 50.9 Å². The van der Waals surface area contributed by atoms with Gasteiger partial charge >= 0.3 is 0 Å². The van der Waals surface area contributed by atoms with Crippen molar-refractivity contribution < 1.29 is 4.79 Å². The SMILES string of the molecule is CCc1nccn1CCC(=O)N1CC(N2CCCCC2)C1. The minimum absolute atomic E-state index is 0.291. The molecule has 2 aliphatic rings. The largest absolute Gasteiger partial charge is 0.339 e. The third kappa shape index (κ3) is 3.28. The first-order valence-electron chi connectivity index (χ1n) is 8.29. The van der Waals surface area contributed by atoms with E-state index in [0.29, 0.717) is 18.4 Å². The third-order valence-corrected chi connectivity index (χ3v) is 4.81. The number of hydrogen-bond donors (Lipinski definition) is 0. The second-order valence-corrected chi connectivity index (χ2v) is 6.19. The van der Waals surface area contributed by atoms with Gasteiger partial charge in [0.05, 0.1) is 0 Å². The Hall–Kier alpha value is -1.36. The van der Waals surface area contributed by atoms with E-state index in [1.807, 2.05) is 17.3 Å². The van der Waals surface area contributed by atoms with Gasteiger partial charge in [-0.05, 0) is 25.9 Å². The molecule has 2 saturated heterocycles. The summed E-state index contributed by atoms with van der Waals surface area (Å²) in [5, 5.41) is 0. The van der Waals surface area contributed by atoms with Crippen LogP contribution in [0.5, 0.6) is 0 Å². The van der Waals surface area contributed by atoms with Crippen molar-refractivity contribution >= 4 is 5.91 Å². The number of aromatic nitrogens is 2. The van der Waals surface area contributed by atoms with Crippen LogP contribution in [0.4, 0.5) is 0 Å². The number of hydrogen-bond acceptors (Lipinski definition) is 3. The number of carbonyl (C=O) groups excluding carboxylic acids is 1. The first kappa shape index (κ1) is 14.6. The molecule has 0 spiro atoms. The zero-order valence-corrected chi connectivity index (χ0v) is 13.0. The van der Waals surface area contributed by atoms with E-state index in [1.165, 1.54) is 32.4 Å². The summed E-state index contributed by atoms with van der Waals surface area (Å²) in [4.78, 5) is 21.1. The Bertz CT molecular complexity index is 472. The highest BCUT2D eigenvalue weighted by atomic mass is 16.2. The highest BCUT2D eigenvalue weighted by Crippen LogP contribution is 2.20. The van der Waals surface area contributed by atoms with E-state index < -0.39 is 0 Å². The molecular weight excluding hydrogens is 264 g/mol. The van der Waals surface area contributed by atoms with Crippen molar-refractivity contribution in [1.29, 1.82) is 0 Å². The summed E-state index contributed by atoms with van der Waals surface area (Å²) in [5.74, 6) is 1.36. The summed E-state index contributed by atoms with van der Waals surface area (Å²) >= 11 is 0. The van der Waals surface area contributed by atoms with Gasteiger partial charge in [-0.2, -0.15) is 0 Å². The molecule has 0 aromatic carbocycles. The van der Waals surface area contributed by atoms with Crippen LogP contribution in [0.3, 0.4) is 0 Å². The Morgan fingerprint density at radius 2 is 2.05 bits per heavy atom. The fourth-order valence-electron chi connectivity index (χ4n) is 3.41. The molecular formula is C16H26N4O. The van der Waals surface area contributed by atoms with Gasteiger partial charge in [0.15, 0.2) is 0 Å². The molecule has 0 aliphatic carbocycles.